The smallest absolute Gasteiger partial charge is 0.239 e. The van der Waals surface area contributed by atoms with E-state index in [2.05, 4.69) is 28.1 Å². The fraction of sp³-hybridized carbons (Fsp3) is 0.684. The van der Waals surface area contributed by atoms with E-state index >= 15 is 0 Å². The highest BCUT2D eigenvalue weighted by Crippen LogP contribution is 2.39. The summed E-state index contributed by atoms with van der Waals surface area (Å²) in [7, 11) is 0. The summed E-state index contributed by atoms with van der Waals surface area (Å²) >= 11 is 1.61. The molecule has 0 saturated carbocycles. The molecule has 6 heteroatoms. The lowest BCUT2D eigenvalue weighted by Gasteiger charge is -2.37. The Bertz CT molecular complexity index is 707. The number of piperazine rings is 1. The maximum absolute atomic E-state index is 12.5. The van der Waals surface area contributed by atoms with Crippen LogP contribution in [0.5, 0.6) is 0 Å². The lowest BCUT2D eigenvalue weighted by Crippen LogP contribution is -2.51. The highest BCUT2D eigenvalue weighted by atomic mass is 32.1. The second-order valence-corrected chi connectivity index (χ2v) is 8.89. The second kappa shape index (κ2) is 7.06. The molecule has 1 amide bonds. The van der Waals surface area contributed by atoms with E-state index in [0.29, 0.717) is 24.1 Å². The number of anilines is 1. The zero-order valence-corrected chi connectivity index (χ0v) is 15.7. The largest absolute Gasteiger partial charge is 0.315 e. The van der Waals surface area contributed by atoms with E-state index in [9.17, 15) is 10.1 Å². The number of amides is 1. The predicted octanol–water partition coefficient (Wildman–Crippen LogP) is 2.46. The number of fused-ring (bicyclic) bond motifs is 2. The third-order valence-corrected chi connectivity index (χ3v) is 7.08. The first kappa shape index (κ1) is 17.0. The van der Waals surface area contributed by atoms with Gasteiger partial charge in [-0.2, -0.15) is 5.26 Å². The van der Waals surface area contributed by atoms with Gasteiger partial charge in [-0.15, -0.1) is 11.3 Å². The van der Waals surface area contributed by atoms with Crippen molar-refractivity contribution in [1.29, 1.82) is 5.26 Å². The second-order valence-electron chi connectivity index (χ2n) is 7.78. The van der Waals surface area contributed by atoms with Crippen LogP contribution in [-0.4, -0.2) is 54.5 Å². The van der Waals surface area contributed by atoms with Gasteiger partial charge in [-0.1, -0.05) is 6.92 Å². The average molecular weight is 359 g/mol. The summed E-state index contributed by atoms with van der Waals surface area (Å²) in [5, 5.41) is 13.4. The molecular weight excluding hydrogens is 332 g/mol. The van der Waals surface area contributed by atoms with Crippen LogP contribution < -0.4 is 5.32 Å². The lowest BCUT2D eigenvalue weighted by molar-refractivity contribution is -0.117. The minimum atomic E-state index is 0.0228. The highest BCUT2D eigenvalue weighted by molar-refractivity contribution is 7.16. The molecule has 3 aliphatic rings. The third kappa shape index (κ3) is 3.46. The van der Waals surface area contributed by atoms with Crippen LogP contribution in [0, 0.1) is 17.2 Å². The van der Waals surface area contributed by atoms with Crippen molar-refractivity contribution in [3.63, 3.8) is 0 Å². The van der Waals surface area contributed by atoms with Crippen molar-refractivity contribution in [1.82, 2.24) is 9.80 Å². The van der Waals surface area contributed by atoms with Crippen LogP contribution >= 0.6 is 11.3 Å². The summed E-state index contributed by atoms with van der Waals surface area (Å²) in [6, 6.07) is 2.96. The number of hydrogen-bond donors (Lipinski definition) is 1. The minimum Gasteiger partial charge on any atom is -0.315 e. The van der Waals surface area contributed by atoms with Crippen LogP contribution in [-0.2, 0) is 17.6 Å². The summed E-state index contributed by atoms with van der Waals surface area (Å²) < 4.78 is 0. The normalized spacial score (nSPS) is 26.7. The molecule has 2 atom stereocenters. The number of nitrogens with zero attached hydrogens (tertiary/aromatic N) is 3. The summed E-state index contributed by atoms with van der Waals surface area (Å²) in [6.45, 7) is 6.95. The van der Waals surface area contributed by atoms with Gasteiger partial charge in [0.15, 0.2) is 0 Å². The quantitative estimate of drug-likeness (QED) is 0.902. The van der Waals surface area contributed by atoms with E-state index in [0.717, 1.165) is 43.9 Å². The maximum Gasteiger partial charge on any atom is 0.239 e. The number of carbonyl (C=O) groups excluding carboxylic acids is 1. The van der Waals surface area contributed by atoms with Gasteiger partial charge < -0.3 is 5.32 Å². The fourth-order valence-electron chi connectivity index (χ4n) is 4.53. The Labute approximate surface area is 153 Å². The fourth-order valence-corrected chi connectivity index (χ4v) is 5.90. The first-order valence-electron chi connectivity index (χ1n) is 9.45. The Kier molecular flexibility index (Phi) is 4.81. The van der Waals surface area contributed by atoms with Crippen LogP contribution in [0.25, 0.3) is 0 Å². The van der Waals surface area contributed by atoms with Crippen LogP contribution in [0.2, 0.25) is 0 Å². The number of nitrogens with one attached hydrogen (secondary N) is 1. The standard InChI is InChI=1S/C19H26N4OS/c1-13-4-5-15-16(10-20)19(25-17(15)9-13)21-18(24)12-22-7-8-23-6-2-3-14(23)11-22/h13-14H,2-9,11-12H2,1H3,(H,21,24)/t13-,14+/m0/s1. The number of hydrogen-bond acceptors (Lipinski definition) is 5. The molecule has 1 aromatic heterocycles. The van der Waals surface area contributed by atoms with Crippen molar-refractivity contribution < 1.29 is 4.79 Å². The van der Waals surface area contributed by atoms with Gasteiger partial charge in [-0.3, -0.25) is 14.6 Å². The molecule has 3 heterocycles. The van der Waals surface area contributed by atoms with E-state index in [1.54, 1.807) is 11.3 Å². The van der Waals surface area contributed by atoms with Crippen molar-refractivity contribution in [3.05, 3.63) is 16.0 Å². The Morgan fingerprint density at radius 1 is 1.36 bits per heavy atom. The Morgan fingerprint density at radius 3 is 3.08 bits per heavy atom. The molecule has 0 spiro atoms. The maximum atomic E-state index is 12.5. The van der Waals surface area contributed by atoms with Crippen molar-refractivity contribution >= 4 is 22.2 Å². The van der Waals surface area contributed by atoms with Gasteiger partial charge in [0.25, 0.3) is 0 Å². The number of carbonyl (C=O) groups is 1. The SMILES string of the molecule is C[C@H]1CCc2c(sc(NC(=O)CN3CCN4CCC[C@@H]4C3)c2C#N)C1. The van der Waals surface area contributed by atoms with Crippen LogP contribution in [0.4, 0.5) is 5.00 Å². The monoisotopic (exact) mass is 358 g/mol. The van der Waals surface area contributed by atoms with Crippen LogP contribution in [0.1, 0.15) is 42.2 Å². The first-order valence-corrected chi connectivity index (χ1v) is 10.3. The van der Waals surface area contributed by atoms with Gasteiger partial charge in [0.2, 0.25) is 5.91 Å². The Hall–Kier alpha value is -1.42. The van der Waals surface area contributed by atoms with Gasteiger partial charge in [-0.25, -0.2) is 0 Å². The van der Waals surface area contributed by atoms with E-state index in [-0.39, 0.29) is 5.91 Å². The van der Waals surface area contributed by atoms with E-state index in [4.69, 9.17) is 0 Å². The Balaban J connectivity index is 1.40. The summed E-state index contributed by atoms with van der Waals surface area (Å²) in [6.07, 6.45) is 5.68. The molecule has 1 aromatic rings. The molecule has 2 saturated heterocycles. The zero-order chi connectivity index (χ0) is 17.4. The molecule has 4 rings (SSSR count). The molecule has 2 fully saturated rings. The minimum absolute atomic E-state index is 0.0228. The topological polar surface area (TPSA) is 59.4 Å². The molecule has 1 aliphatic carbocycles. The summed E-state index contributed by atoms with van der Waals surface area (Å²) in [5.74, 6) is 0.693. The molecule has 0 bridgehead atoms. The van der Waals surface area contributed by atoms with Crippen LogP contribution in [0.3, 0.4) is 0 Å². The first-order chi connectivity index (χ1) is 12.1. The summed E-state index contributed by atoms with van der Waals surface area (Å²) in [4.78, 5) is 18.7. The third-order valence-electron chi connectivity index (χ3n) is 5.92. The van der Waals surface area contributed by atoms with E-state index < -0.39 is 0 Å². The van der Waals surface area contributed by atoms with Crippen molar-refractivity contribution in [2.75, 3.05) is 38.0 Å². The number of nitriles is 1. The predicted molar refractivity (Wildman–Crippen MR) is 99.9 cm³/mol. The molecule has 25 heavy (non-hydrogen) atoms. The molecule has 2 aliphatic heterocycles. The number of thiophene rings is 1. The zero-order valence-electron chi connectivity index (χ0n) is 14.9. The van der Waals surface area contributed by atoms with Gasteiger partial charge in [0, 0.05) is 30.6 Å². The van der Waals surface area contributed by atoms with Gasteiger partial charge >= 0.3 is 0 Å². The molecule has 0 radical (unpaired) electrons. The van der Waals surface area contributed by atoms with Crippen molar-refractivity contribution in [3.8, 4) is 6.07 Å². The molecule has 1 N–H and O–H groups in total. The Morgan fingerprint density at radius 2 is 2.24 bits per heavy atom. The molecule has 134 valence electrons. The van der Waals surface area contributed by atoms with Gasteiger partial charge in [0.1, 0.15) is 11.1 Å². The lowest BCUT2D eigenvalue weighted by atomic mass is 9.89. The molecule has 0 aromatic carbocycles. The van der Waals surface area contributed by atoms with Crippen molar-refractivity contribution in [2.45, 2.75) is 45.1 Å². The molecule has 5 nitrogen and oxygen atoms in total. The van der Waals surface area contributed by atoms with E-state index in [1.807, 2.05) is 0 Å². The number of rotatable bonds is 3. The van der Waals surface area contributed by atoms with Crippen LogP contribution in [0.15, 0.2) is 0 Å². The molecular formula is C19H26N4OS. The summed E-state index contributed by atoms with van der Waals surface area (Å²) in [5.41, 5.74) is 1.89. The van der Waals surface area contributed by atoms with Crippen molar-refractivity contribution in [2.24, 2.45) is 5.92 Å². The van der Waals surface area contributed by atoms with E-state index in [1.165, 1.54) is 29.8 Å². The average Bonchev–Trinajstić information content (AvgIpc) is 3.17. The van der Waals surface area contributed by atoms with Gasteiger partial charge in [0.05, 0.1) is 12.1 Å². The highest BCUT2D eigenvalue weighted by Gasteiger charge is 2.31. The molecule has 0 unspecified atom stereocenters. The van der Waals surface area contributed by atoms with Gasteiger partial charge in [-0.05, 0) is 50.1 Å².